The molecule has 2 saturated heterocycles. The molecule has 0 amide bonds. The third-order valence-electron chi connectivity index (χ3n) is 3.16. The van der Waals surface area contributed by atoms with E-state index >= 15 is 0 Å². The minimum Gasteiger partial charge on any atom is -0.369 e. The highest BCUT2D eigenvalue weighted by atomic mass is 127. The fourth-order valence-electron chi connectivity index (χ4n) is 2.07. The molecule has 0 aromatic carbocycles. The Morgan fingerprint density at radius 3 is 2.81 bits per heavy atom. The second kappa shape index (κ2) is 7.13. The van der Waals surface area contributed by atoms with Crippen LogP contribution in [0, 0.1) is 0 Å². The van der Waals surface area contributed by atoms with Crippen LogP contribution in [0.15, 0.2) is 0 Å². The summed E-state index contributed by atoms with van der Waals surface area (Å²) in [7, 11) is 0. The fourth-order valence-corrected chi connectivity index (χ4v) is 2.85. The van der Waals surface area contributed by atoms with E-state index in [0.717, 1.165) is 30.5 Å². The maximum atomic E-state index is 5.67. The monoisotopic (exact) mass is 340 g/mol. The molecule has 2 aliphatic heterocycles. The summed E-state index contributed by atoms with van der Waals surface area (Å²) in [5.74, 6) is 0. The molecule has 4 heteroatoms. The molecular formula is C12H21IO3. The van der Waals surface area contributed by atoms with Crippen LogP contribution in [0.1, 0.15) is 38.5 Å². The summed E-state index contributed by atoms with van der Waals surface area (Å²) in [6.45, 7) is 1.71. The van der Waals surface area contributed by atoms with Gasteiger partial charge in [0.2, 0.25) is 0 Å². The average molecular weight is 340 g/mol. The Hall–Kier alpha value is 0.610. The first-order valence-electron chi connectivity index (χ1n) is 6.35. The van der Waals surface area contributed by atoms with Crippen molar-refractivity contribution >= 4 is 22.6 Å². The Morgan fingerprint density at radius 1 is 1.19 bits per heavy atom. The van der Waals surface area contributed by atoms with Gasteiger partial charge in [0.05, 0.1) is 12.2 Å². The van der Waals surface area contributed by atoms with Crippen LogP contribution in [0.5, 0.6) is 0 Å². The summed E-state index contributed by atoms with van der Waals surface area (Å²) in [5, 5.41) is 0. The minimum absolute atomic E-state index is 0.0769. The maximum Gasteiger partial charge on any atom is 0.157 e. The summed E-state index contributed by atoms with van der Waals surface area (Å²) in [5.41, 5.74) is 0. The molecule has 1 unspecified atom stereocenters. The molecule has 0 radical (unpaired) electrons. The van der Waals surface area contributed by atoms with Crippen LogP contribution in [-0.4, -0.2) is 36.1 Å². The van der Waals surface area contributed by atoms with Gasteiger partial charge in [0, 0.05) is 17.6 Å². The number of ether oxygens (including phenoxy) is 3. The van der Waals surface area contributed by atoms with Gasteiger partial charge in [-0.15, -0.1) is 0 Å². The third kappa shape index (κ3) is 4.47. The number of alkyl halides is 1. The first-order chi connectivity index (χ1) is 7.90. The smallest absolute Gasteiger partial charge is 0.157 e. The molecule has 0 aromatic heterocycles. The second-order valence-corrected chi connectivity index (χ2v) is 5.41. The van der Waals surface area contributed by atoms with E-state index in [1.165, 1.54) is 25.7 Å². The van der Waals surface area contributed by atoms with Gasteiger partial charge in [0.1, 0.15) is 0 Å². The van der Waals surface area contributed by atoms with Crippen molar-refractivity contribution in [3.05, 3.63) is 0 Å². The predicted octanol–water partition coefficient (Wildman–Crippen LogP) is 2.90. The summed E-state index contributed by atoms with van der Waals surface area (Å²) >= 11 is 2.39. The van der Waals surface area contributed by atoms with Crippen LogP contribution < -0.4 is 0 Å². The number of rotatable bonds is 7. The molecule has 0 aliphatic carbocycles. The molecule has 3 atom stereocenters. The quantitative estimate of drug-likeness (QED) is 0.309. The Balaban J connectivity index is 1.40. The van der Waals surface area contributed by atoms with Crippen LogP contribution >= 0.6 is 22.6 Å². The van der Waals surface area contributed by atoms with Gasteiger partial charge in [0.15, 0.2) is 6.29 Å². The Labute approximate surface area is 111 Å². The predicted molar refractivity (Wildman–Crippen MR) is 70.9 cm³/mol. The molecule has 0 N–H and O–H groups in total. The second-order valence-electron chi connectivity index (χ2n) is 4.53. The van der Waals surface area contributed by atoms with E-state index in [-0.39, 0.29) is 6.29 Å². The largest absolute Gasteiger partial charge is 0.369 e. The zero-order valence-electron chi connectivity index (χ0n) is 9.70. The maximum absolute atomic E-state index is 5.67. The van der Waals surface area contributed by atoms with Crippen LogP contribution in [0.25, 0.3) is 0 Å². The molecule has 0 aromatic rings. The molecule has 16 heavy (non-hydrogen) atoms. The van der Waals surface area contributed by atoms with E-state index in [2.05, 4.69) is 22.6 Å². The molecule has 2 fully saturated rings. The van der Waals surface area contributed by atoms with Crippen molar-refractivity contribution in [2.75, 3.05) is 17.6 Å². The van der Waals surface area contributed by atoms with E-state index < -0.39 is 0 Å². The summed E-state index contributed by atoms with van der Waals surface area (Å²) in [4.78, 5) is 0. The fraction of sp³-hybridized carbons (Fsp3) is 1.00. The van der Waals surface area contributed by atoms with Gasteiger partial charge in [-0.05, 0) is 38.5 Å². The van der Waals surface area contributed by atoms with Crippen molar-refractivity contribution in [1.82, 2.24) is 0 Å². The highest BCUT2D eigenvalue weighted by molar-refractivity contribution is 14.1. The lowest BCUT2D eigenvalue weighted by Gasteiger charge is -2.22. The topological polar surface area (TPSA) is 31.0 Å². The van der Waals surface area contributed by atoms with E-state index in [1.54, 1.807) is 0 Å². The normalized spacial score (nSPS) is 33.9. The van der Waals surface area contributed by atoms with Crippen LogP contribution in [0.3, 0.4) is 0 Å². The highest BCUT2D eigenvalue weighted by Crippen LogP contribution is 2.28. The van der Waals surface area contributed by atoms with Crippen molar-refractivity contribution in [2.24, 2.45) is 0 Å². The first kappa shape index (κ1) is 13.1. The van der Waals surface area contributed by atoms with Crippen molar-refractivity contribution in [1.29, 1.82) is 0 Å². The summed E-state index contributed by atoms with van der Waals surface area (Å²) in [6.07, 6.45) is 8.22. The summed E-state index contributed by atoms with van der Waals surface area (Å²) in [6, 6.07) is 0. The lowest BCUT2D eigenvalue weighted by atomic mass is 10.1. The molecule has 2 rings (SSSR count). The minimum atomic E-state index is 0.0769. The lowest BCUT2D eigenvalue weighted by Crippen LogP contribution is -2.22. The lowest BCUT2D eigenvalue weighted by molar-refractivity contribution is -0.162. The molecule has 0 saturated carbocycles. The number of epoxide rings is 1. The van der Waals surface area contributed by atoms with Crippen molar-refractivity contribution in [3.63, 3.8) is 0 Å². The van der Waals surface area contributed by atoms with Crippen molar-refractivity contribution in [3.8, 4) is 0 Å². The van der Waals surface area contributed by atoms with Gasteiger partial charge in [-0.2, -0.15) is 0 Å². The van der Waals surface area contributed by atoms with Crippen molar-refractivity contribution in [2.45, 2.75) is 57.0 Å². The van der Waals surface area contributed by atoms with E-state index in [9.17, 15) is 0 Å². The molecule has 0 bridgehead atoms. The van der Waals surface area contributed by atoms with E-state index in [1.807, 2.05) is 0 Å². The standard InChI is InChI=1S/C12H21IO3/c13-9-11-10(16-11)5-1-3-7-14-12-6-2-4-8-15-12/h10-12H,1-9H2/t10-,11-,12?/m0/s1. The highest BCUT2D eigenvalue weighted by Gasteiger charge is 2.36. The van der Waals surface area contributed by atoms with Gasteiger partial charge >= 0.3 is 0 Å². The van der Waals surface area contributed by atoms with Gasteiger partial charge in [-0.3, -0.25) is 0 Å². The number of hydrogen-bond donors (Lipinski definition) is 0. The molecule has 3 nitrogen and oxygen atoms in total. The van der Waals surface area contributed by atoms with E-state index in [0.29, 0.717) is 12.2 Å². The Kier molecular flexibility index (Phi) is 5.82. The van der Waals surface area contributed by atoms with Gasteiger partial charge in [0.25, 0.3) is 0 Å². The molecule has 2 aliphatic rings. The van der Waals surface area contributed by atoms with Crippen LogP contribution in [-0.2, 0) is 14.2 Å². The molecular weight excluding hydrogens is 319 g/mol. The number of hydrogen-bond acceptors (Lipinski definition) is 3. The molecule has 2 heterocycles. The van der Waals surface area contributed by atoms with Gasteiger partial charge < -0.3 is 14.2 Å². The van der Waals surface area contributed by atoms with Crippen LogP contribution in [0.4, 0.5) is 0 Å². The number of unbranched alkanes of at least 4 members (excludes halogenated alkanes) is 1. The number of halogens is 1. The zero-order chi connectivity index (χ0) is 11.2. The molecule has 0 spiro atoms. The Morgan fingerprint density at radius 2 is 2.12 bits per heavy atom. The zero-order valence-corrected chi connectivity index (χ0v) is 11.9. The van der Waals surface area contributed by atoms with Crippen molar-refractivity contribution < 1.29 is 14.2 Å². The molecule has 94 valence electrons. The SMILES string of the molecule is IC[C@@H]1O[C@H]1CCCCOC1CCCCO1. The Bertz CT molecular complexity index is 195. The van der Waals surface area contributed by atoms with E-state index in [4.69, 9.17) is 14.2 Å². The van der Waals surface area contributed by atoms with Gasteiger partial charge in [-0.25, -0.2) is 0 Å². The summed E-state index contributed by atoms with van der Waals surface area (Å²) < 4.78 is 17.8. The van der Waals surface area contributed by atoms with Crippen LogP contribution in [0.2, 0.25) is 0 Å². The van der Waals surface area contributed by atoms with Gasteiger partial charge in [-0.1, -0.05) is 22.6 Å². The third-order valence-corrected chi connectivity index (χ3v) is 4.03. The first-order valence-corrected chi connectivity index (χ1v) is 7.87. The average Bonchev–Trinajstić information content (AvgIpc) is 3.09.